The zero-order valence-corrected chi connectivity index (χ0v) is 8.69. The first-order valence-corrected chi connectivity index (χ1v) is 5.26. The van der Waals surface area contributed by atoms with Gasteiger partial charge in [-0.2, -0.15) is 0 Å². The topological polar surface area (TPSA) is 66.0 Å². The van der Waals surface area contributed by atoms with E-state index in [0.29, 0.717) is 5.84 Å². The van der Waals surface area contributed by atoms with Gasteiger partial charge < -0.3 is 10.6 Å². The monoisotopic (exact) mass is 204 g/mol. The van der Waals surface area contributed by atoms with Crippen molar-refractivity contribution in [2.45, 2.75) is 12.8 Å². The average molecular weight is 204 g/mol. The number of anilines is 1. The Hall–Kier alpha value is -1.58. The van der Waals surface area contributed by atoms with Gasteiger partial charge >= 0.3 is 0 Å². The van der Waals surface area contributed by atoms with Crippen LogP contribution in [0.3, 0.4) is 0 Å². The van der Waals surface area contributed by atoms with Crippen LogP contribution in [0.2, 0.25) is 0 Å². The second-order valence-corrected chi connectivity index (χ2v) is 3.92. The zero-order chi connectivity index (χ0) is 10.7. The standard InChI is InChI=1S/C11H16N4/c12-11(13)9-3-7-15(8-4-9)10-1-5-14-6-2-10/h1-2,5-6,9H,3-4,7-8H2,(H3,12,13). The molecule has 0 aliphatic carbocycles. The second-order valence-electron chi connectivity index (χ2n) is 3.92. The molecule has 0 amide bonds. The number of hydrogen-bond donors (Lipinski definition) is 2. The summed E-state index contributed by atoms with van der Waals surface area (Å²) < 4.78 is 0. The van der Waals surface area contributed by atoms with Gasteiger partial charge in [-0.3, -0.25) is 10.4 Å². The quantitative estimate of drug-likeness (QED) is 0.562. The van der Waals surface area contributed by atoms with Crippen molar-refractivity contribution in [3.63, 3.8) is 0 Å². The van der Waals surface area contributed by atoms with Crippen LogP contribution in [-0.2, 0) is 0 Å². The Morgan fingerprint density at radius 2 is 1.93 bits per heavy atom. The fraction of sp³-hybridized carbons (Fsp3) is 0.455. The molecule has 0 saturated carbocycles. The molecule has 1 saturated heterocycles. The van der Waals surface area contributed by atoms with Crippen LogP contribution in [0.15, 0.2) is 24.5 Å². The van der Waals surface area contributed by atoms with E-state index in [9.17, 15) is 0 Å². The Morgan fingerprint density at radius 1 is 1.33 bits per heavy atom. The fourth-order valence-corrected chi connectivity index (χ4v) is 2.00. The highest BCUT2D eigenvalue weighted by Gasteiger charge is 2.20. The van der Waals surface area contributed by atoms with E-state index in [0.717, 1.165) is 25.9 Å². The van der Waals surface area contributed by atoms with Gasteiger partial charge in [-0.25, -0.2) is 0 Å². The van der Waals surface area contributed by atoms with Gasteiger partial charge in [-0.1, -0.05) is 0 Å². The number of rotatable bonds is 2. The average Bonchev–Trinajstić information content (AvgIpc) is 2.30. The Morgan fingerprint density at radius 3 is 2.47 bits per heavy atom. The van der Waals surface area contributed by atoms with Gasteiger partial charge in [0.2, 0.25) is 0 Å². The predicted molar refractivity (Wildman–Crippen MR) is 61.1 cm³/mol. The summed E-state index contributed by atoms with van der Waals surface area (Å²) in [4.78, 5) is 6.32. The minimum Gasteiger partial charge on any atom is -0.387 e. The minimum atomic E-state index is 0.281. The Kier molecular flexibility index (Phi) is 2.85. The third-order valence-electron chi connectivity index (χ3n) is 2.96. The lowest BCUT2D eigenvalue weighted by Crippen LogP contribution is -2.38. The third kappa shape index (κ3) is 2.26. The minimum absolute atomic E-state index is 0.281. The molecule has 1 aliphatic heterocycles. The summed E-state index contributed by atoms with van der Waals surface area (Å²) in [6.07, 6.45) is 5.59. The molecule has 2 rings (SSSR count). The van der Waals surface area contributed by atoms with E-state index in [1.54, 1.807) is 0 Å². The molecule has 0 aromatic carbocycles. The summed E-state index contributed by atoms with van der Waals surface area (Å²) >= 11 is 0. The molecular weight excluding hydrogens is 188 g/mol. The van der Waals surface area contributed by atoms with Gasteiger partial charge in [0, 0.05) is 37.1 Å². The van der Waals surface area contributed by atoms with Gasteiger partial charge in [0.1, 0.15) is 0 Å². The van der Waals surface area contributed by atoms with Crippen LogP contribution in [0.5, 0.6) is 0 Å². The van der Waals surface area contributed by atoms with Crippen molar-refractivity contribution in [1.82, 2.24) is 4.98 Å². The van der Waals surface area contributed by atoms with Crippen LogP contribution >= 0.6 is 0 Å². The van der Waals surface area contributed by atoms with Crippen molar-refractivity contribution in [2.24, 2.45) is 11.7 Å². The number of aromatic nitrogens is 1. The van der Waals surface area contributed by atoms with Crippen LogP contribution in [0.4, 0.5) is 5.69 Å². The SMILES string of the molecule is N=C(N)C1CCN(c2ccncc2)CC1. The molecule has 80 valence electrons. The van der Waals surface area contributed by atoms with Crippen LogP contribution in [-0.4, -0.2) is 23.9 Å². The van der Waals surface area contributed by atoms with Gasteiger partial charge in [0.25, 0.3) is 0 Å². The van der Waals surface area contributed by atoms with Crippen molar-refractivity contribution in [3.8, 4) is 0 Å². The van der Waals surface area contributed by atoms with Crippen molar-refractivity contribution >= 4 is 11.5 Å². The molecule has 2 heterocycles. The molecule has 3 N–H and O–H groups in total. The molecule has 4 heteroatoms. The lowest BCUT2D eigenvalue weighted by atomic mass is 9.95. The number of piperidine rings is 1. The summed E-state index contributed by atoms with van der Waals surface area (Å²) in [7, 11) is 0. The van der Waals surface area contributed by atoms with Gasteiger partial charge in [-0.15, -0.1) is 0 Å². The number of pyridine rings is 1. The van der Waals surface area contributed by atoms with E-state index in [1.807, 2.05) is 24.5 Å². The summed E-state index contributed by atoms with van der Waals surface area (Å²) in [5, 5.41) is 7.41. The summed E-state index contributed by atoms with van der Waals surface area (Å²) in [5.74, 6) is 0.618. The van der Waals surface area contributed by atoms with E-state index in [-0.39, 0.29) is 5.92 Å². The molecule has 1 aromatic heterocycles. The normalized spacial score (nSPS) is 17.7. The zero-order valence-electron chi connectivity index (χ0n) is 8.69. The van der Waals surface area contributed by atoms with E-state index < -0.39 is 0 Å². The van der Waals surface area contributed by atoms with Gasteiger partial charge in [0.05, 0.1) is 5.84 Å². The van der Waals surface area contributed by atoms with E-state index in [2.05, 4.69) is 9.88 Å². The highest BCUT2D eigenvalue weighted by molar-refractivity contribution is 5.79. The Labute approximate surface area is 89.6 Å². The molecule has 15 heavy (non-hydrogen) atoms. The summed E-state index contributed by atoms with van der Waals surface area (Å²) in [6.45, 7) is 1.96. The van der Waals surface area contributed by atoms with E-state index >= 15 is 0 Å². The maximum absolute atomic E-state index is 7.41. The highest BCUT2D eigenvalue weighted by atomic mass is 15.1. The number of nitrogens with zero attached hydrogens (tertiary/aromatic N) is 2. The third-order valence-corrected chi connectivity index (χ3v) is 2.96. The molecule has 0 bridgehead atoms. The highest BCUT2D eigenvalue weighted by Crippen LogP contribution is 2.22. The maximum atomic E-state index is 7.41. The van der Waals surface area contributed by atoms with Crippen LogP contribution in [0.1, 0.15) is 12.8 Å². The van der Waals surface area contributed by atoms with E-state index in [4.69, 9.17) is 11.1 Å². The summed E-state index contributed by atoms with van der Waals surface area (Å²) in [6, 6.07) is 4.04. The Bertz CT molecular complexity index is 328. The second kappa shape index (κ2) is 4.29. The molecule has 1 aliphatic rings. The van der Waals surface area contributed by atoms with Crippen molar-refractivity contribution in [2.75, 3.05) is 18.0 Å². The first-order chi connectivity index (χ1) is 7.27. The predicted octanol–water partition coefficient (Wildman–Crippen LogP) is 1.23. The molecular formula is C11H16N4. The smallest absolute Gasteiger partial charge is 0.0938 e. The maximum Gasteiger partial charge on any atom is 0.0938 e. The first kappa shape index (κ1) is 9.96. The van der Waals surface area contributed by atoms with Crippen LogP contribution in [0.25, 0.3) is 0 Å². The lowest BCUT2D eigenvalue weighted by Gasteiger charge is -2.32. The first-order valence-electron chi connectivity index (χ1n) is 5.26. The number of nitrogens with one attached hydrogen (secondary N) is 1. The van der Waals surface area contributed by atoms with Crippen LogP contribution in [0, 0.1) is 11.3 Å². The van der Waals surface area contributed by atoms with E-state index in [1.165, 1.54) is 5.69 Å². The number of amidine groups is 1. The number of hydrogen-bond acceptors (Lipinski definition) is 3. The number of nitrogens with two attached hydrogens (primary N) is 1. The van der Waals surface area contributed by atoms with Crippen molar-refractivity contribution < 1.29 is 0 Å². The molecule has 1 fully saturated rings. The molecule has 0 spiro atoms. The molecule has 4 nitrogen and oxygen atoms in total. The molecule has 0 unspecified atom stereocenters. The summed E-state index contributed by atoms with van der Waals surface area (Å²) in [5.41, 5.74) is 6.72. The molecule has 0 atom stereocenters. The van der Waals surface area contributed by atoms with Crippen molar-refractivity contribution in [1.29, 1.82) is 5.41 Å². The van der Waals surface area contributed by atoms with Gasteiger partial charge in [0.15, 0.2) is 0 Å². The Balaban J connectivity index is 1.97. The molecule has 1 aromatic rings. The fourth-order valence-electron chi connectivity index (χ4n) is 2.00. The van der Waals surface area contributed by atoms with Crippen molar-refractivity contribution in [3.05, 3.63) is 24.5 Å². The molecule has 0 radical (unpaired) electrons. The van der Waals surface area contributed by atoms with Gasteiger partial charge in [-0.05, 0) is 25.0 Å². The lowest BCUT2D eigenvalue weighted by molar-refractivity contribution is 0.498. The van der Waals surface area contributed by atoms with Crippen LogP contribution < -0.4 is 10.6 Å². The largest absolute Gasteiger partial charge is 0.387 e.